The molecule has 2 amide bonds. The van der Waals surface area contributed by atoms with Gasteiger partial charge >= 0.3 is 0 Å². The first kappa shape index (κ1) is 20.0. The van der Waals surface area contributed by atoms with Gasteiger partial charge in [-0.15, -0.1) is 0 Å². The van der Waals surface area contributed by atoms with E-state index in [4.69, 9.17) is 4.74 Å². The summed E-state index contributed by atoms with van der Waals surface area (Å²) in [5.74, 6) is 0.621. The molecule has 1 N–H and O–H groups in total. The van der Waals surface area contributed by atoms with Crippen molar-refractivity contribution in [2.24, 2.45) is 0 Å². The molecule has 1 aromatic carbocycles. The lowest BCUT2D eigenvalue weighted by atomic mass is 10.1. The molecule has 0 aliphatic rings. The van der Waals surface area contributed by atoms with Gasteiger partial charge in [0.15, 0.2) is 0 Å². The van der Waals surface area contributed by atoms with E-state index in [-0.39, 0.29) is 17.9 Å². The van der Waals surface area contributed by atoms with Crippen LogP contribution in [0.2, 0.25) is 0 Å². The van der Waals surface area contributed by atoms with E-state index in [9.17, 15) is 9.59 Å². The van der Waals surface area contributed by atoms with Gasteiger partial charge in [-0.1, -0.05) is 26.0 Å². The molecular weight excluding hydrogens is 304 g/mol. The Bertz CT molecular complexity index is 545. The van der Waals surface area contributed by atoms with Crippen LogP contribution in [-0.4, -0.2) is 35.9 Å². The fourth-order valence-electron chi connectivity index (χ4n) is 2.37. The normalized spacial score (nSPS) is 13.0. The molecule has 1 rings (SSSR count). The van der Waals surface area contributed by atoms with Crippen LogP contribution >= 0.6 is 0 Å². The molecule has 0 aliphatic heterocycles. The van der Waals surface area contributed by atoms with Gasteiger partial charge < -0.3 is 15.0 Å². The summed E-state index contributed by atoms with van der Waals surface area (Å²) in [6.07, 6.45) is 2.05. The molecule has 0 fully saturated rings. The molecule has 5 nitrogen and oxygen atoms in total. The molecule has 1 aromatic rings. The topological polar surface area (TPSA) is 58.6 Å². The summed E-state index contributed by atoms with van der Waals surface area (Å²) in [5, 5.41) is 2.96. The fourth-order valence-corrected chi connectivity index (χ4v) is 2.37. The Labute approximate surface area is 145 Å². The van der Waals surface area contributed by atoms with Gasteiger partial charge in [0.2, 0.25) is 11.8 Å². The molecule has 0 spiro atoms. The Morgan fingerprint density at radius 2 is 1.96 bits per heavy atom. The van der Waals surface area contributed by atoms with Crippen molar-refractivity contribution >= 4 is 11.8 Å². The zero-order chi connectivity index (χ0) is 18.1. The Morgan fingerprint density at radius 1 is 1.25 bits per heavy atom. The van der Waals surface area contributed by atoms with Crippen LogP contribution in [0.1, 0.15) is 52.5 Å². The van der Waals surface area contributed by atoms with E-state index in [1.165, 1.54) is 0 Å². The van der Waals surface area contributed by atoms with Crippen LogP contribution in [0.25, 0.3) is 0 Å². The van der Waals surface area contributed by atoms with Crippen molar-refractivity contribution in [3.8, 4) is 5.75 Å². The summed E-state index contributed by atoms with van der Waals surface area (Å²) < 4.78 is 5.24. The van der Waals surface area contributed by atoms with Gasteiger partial charge in [-0.2, -0.15) is 0 Å². The quantitative estimate of drug-likeness (QED) is 0.755. The van der Waals surface area contributed by atoms with Gasteiger partial charge in [0.05, 0.1) is 7.11 Å². The summed E-state index contributed by atoms with van der Waals surface area (Å²) in [6, 6.07) is 7.17. The number of rotatable bonds is 9. The number of nitrogens with zero attached hydrogens (tertiary/aromatic N) is 1. The predicted molar refractivity (Wildman–Crippen MR) is 95.8 cm³/mol. The first-order valence-corrected chi connectivity index (χ1v) is 8.65. The second-order valence-electron chi connectivity index (χ2n) is 6.12. The van der Waals surface area contributed by atoms with E-state index in [1.807, 2.05) is 45.0 Å². The second kappa shape index (κ2) is 9.96. The largest absolute Gasteiger partial charge is 0.497 e. The molecule has 0 heterocycles. The van der Waals surface area contributed by atoms with Crippen LogP contribution in [-0.2, 0) is 16.1 Å². The first-order chi connectivity index (χ1) is 11.4. The fraction of sp³-hybridized carbons (Fsp3) is 0.579. The van der Waals surface area contributed by atoms with Gasteiger partial charge in [-0.05, 0) is 44.4 Å². The third-order valence-electron chi connectivity index (χ3n) is 4.12. The SMILES string of the molecule is CCCC(=O)N(Cc1cccc(OC)c1)[C@H](C)C(=O)N[C@@H](C)CC. The zero-order valence-corrected chi connectivity index (χ0v) is 15.5. The molecule has 0 unspecified atom stereocenters. The molecule has 0 saturated heterocycles. The van der Waals surface area contributed by atoms with E-state index in [1.54, 1.807) is 18.9 Å². The molecular formula is C19H30N2O3. The molecule has 24 heavy (non-hydrogen) atoms. The number of carbonyl (C=O) groups is 2. The number of methoxy groups -OCH3 is 1. The van der Waals surface area contributed by atoms with Crippen molar-refractivity contribution in [3.05, 3.63) is 29.8 Å². The summed E-state index contributed by atoms with van der Waals surface area (Å²) in [7, 11) is 1.61. The van der Waals surface area contributed by atoms with Crippen molar-refractivity contribution in [2.45, 2.75) is 65.6 Å². The lowest BCUT2D eigenvalue weighted by molar-refractivity contribution is -0.140. The van der Waals surface area contributed by atoms with Crippen LogP contribution in [0.4, 0.5) is 0 Å². The molecule has 0 aliphatic carbocycles. The maximum absolute atomic E-state index is 12.5. The van der Waals surface area contributed by atoms with Gasteiger partial charge in [0, 0.05) is 19.0 Å². The molecule has 5 heteroatoms. The van der Waals surface area contributed by atoms with E-state index in [0.717, 1.165) is 24.2 Å². The Hall–Kier alpha value is -2.04. The number of benzene rings is 1. The maximum atomic E-state index is 12.5. The highest BCUT2D eigenvalue weighted by atomic mass is 16.5. The summed E-state index contributed by atoms with van der Waals surface area (Å²) >= 11 is 0. The molecule has 2 atom stereocenters. The highest BCUT2D eigenvalue weighted by molar-refractivity contribution is 5.87. The minimum Gasteiger partial charge on any atom is -0.497 e. The number of nitrogens with one attached hydrogen (secondary N) is 1. The predicted octanol–water partition coefficient (Wildman–Crippen LogP) is 3.13. The smallest absolute Gasteiger partial charge is 0.242 e. The molecule has 0 bridgehead atoms. The van der Waals surface area contributed by atoms with Gasteiger partial charge in [-0.3, -0.25) is 9.59 Å². The third-order valence-corrected chi connectivity index (χ3v) is 4.12. The Morgan fingerprint density at radius 3 is 2.54 bits per heavy atom. The van der Waals surface area contributed by atoms with E-state index < -0.39 is 6.04 Å². The number of amides is 2. The van der Waals surface area contributed by atoms with E-state index >= 15 is 0 Å². The molecule has 0 saturated carbocycles. The van der Waals surface area contributed by atoms with Gasteiger partial charge in [0.25, 0.3) is 0 Å². The average Bonchev–Trinajstić information content (AvgIpc) is 2.59. The van der Waals surface area contributed by atoms with Crippen LogP contribution in [0.3, 0.4) is 0 Å². The second-order valence-corrected chi connectivity index (χ2v) is 6.12. The standard InChI is InChI=1S/C19H30N2O3/c1-6-9-18(22)21(15(4)19(23)20-14(3)7-2)13-16-10-8-11-17(12-16)24-5/h8,10-12,14-15H,6-7,9,13H2,1-5H3,(H,20,23)/t14-,15+/m0/s1. The number of ether oxygens (including phenoxy) is 1. The van der Waals surface area contributed by atoms with Gasteiger partial charge in [-0.25, -0.2) is 0 Å². The number of carbonyl (C=O) groups excluding carboxylic acids is 2. The summed E-state index contributed by atoms with van der Waals surface area (Å²) in [5.41, 5.74) is 0.946. The lowest BCUT2D eigenvalue weighted by Crippen LogP contribution is -2.49. The summed E-state index contributed by atoms with van der Waals surface area (Å²) in [6.45, 7) is 8.12. The van der Waals surface area contributed by atoms with Crippen LogP contribution in [0, 0.1) is 0 Å². The van der Waals surface area contributed by atoms with Crippen LogP contribution < -0.4 is 10.1 Å². The number of hydrogen-bond donors (Lipinski definition) is 1. The Kier molecular flexibility index (Phi) is 8.30. The van der Waals surface area contributed by atoms with Crippen LogP contribution in [0.15, 0.2) is 24.3 Å². The molecule has 134 valence electrons. The molecule has 0 radical (unpaired) electrons. The minimum atomic E-state index is -0.510. The van der Waals surface area contributed by atoms with E-state index in [2.05, 4.69) is 5.32 Å². The van der Waals surface area contributed by atoms with Crippen LogP contribution in [0.5, 0.6) is 5.75 Å². The first-order valence-electron chi connectivity index (χ1n) is 8.65. The highest BCUT2D eigenvalue weighted by Crippen LogP contribution is 2.17. The molecule has 0 aromatic heterocycles. The zero-order valence-electron chi connectivity index (χ0n) is 15.5. The lowest BCUT2D eigenvalue weighted by Gasteiger charge is -2.29. The van der Waals surface area contributed by atoms with Crippen molar-refractivity contribution in [2.75, 3.05) is 7.11 Å². The van der Waals surface area contributed by atoms with Crippen molar-refractivity contribution in [1.29, 1.82) is 0 Å². The summed E-state index contributed by atoms with van der Waals surface area (Å²) in [4.78, 5) is 26.6. The highest BCUT2D eigenvalue weighted by Gasteiger charge is 2.26. The third kappa shape index (κ3) is 5.87. The monoisotopic (exact) mass is 334 g/mol. The van der Waals surface area contributed by atoms with Crippen molar-refractivity contribution in [1.82, 2.24) is 10.2 Å². The van der Waals surface area contributed by atoms with Gasteiger partial charge in [0.1, 0.15) is 11.8 Å². The van der Waals surface area contributed by atoms with Crippen molar-refractivity contribution < 1.29 is 14.3 Å². The van der Waals surface area contributed by atoms with E-state index in [0.29, 0.717) is 13.0 Å². The van der Waals surface area contributed by atoms with Crippen molar-refractivity contribution in [3.63, 3.8) is 0 Å². The minimum absolute atomic E-state index is 0.00729. The average molecular weight is 334 g/mol. The Balaban J connectivity index is 2.94. The maximum Gasteiger partial charge on any atom is 0.242 e. The number of hydrogen-bond acceptors (Lipinski definition) is 3.